The lowest BCUT2D eigenvalue weighted by molar-refractivity contribution is 0.0975. The highest BCUT2D eigenvalue weighted by molar-refractivity contribution is 6.12. The van der Waals surface area contributed by atoms with Crippen LogP contribution in [0.5, 0.6) is 11.5 Å². The Balaban J connectivity index is 1.79. The number of benzene rings is 2. The summed E-state index contributed by atoms with van der Waals surface area (Å²) in [6, 6.07) is 17.0. The van der Waals surface area contributed by atoms with E-state index in [1.54, 1.807) is 24.4 Å². The first-order valence-corrected chi connectivity index (χ1v) is 9.62. The van der Waals surface area contributed by atoms with Crippen LogP contribution in [0.15, 0.2) is 67.0 Å². The number of hydrogen-bond donors (Lipinski definition) is 1. The highest BCUT2D eigenvalue weighted by Crippen LogP contribution is 2.39. The van der Waals surface area contributed by atoms with Gasteiger partial charge in [-0.15, -0.1) is 0 Å². The van der Waals surface area contributed by atoms with E-state index in [2.05, 4.69) is 17.2 Å². The largest absolute Gasteiger partial charge is 0.493 e. The number of ether oxygens (including phenoxy) is 2. The molecule has 1 aliphatic heterocycles. The fourth-order valence-corrected chi connectivity index (χ4v) is 3.44. The van der Waals surface area contributed by atoms with Gasteiger partial charge in [0.1, 0.15) is 6.17 Å². The molecule has 6 nitrogen and oxygen atoms in total. The van der Waals surface area contributed by atoms with Gasteiger partial charge in [-0.25, -0.2) is 0 Å². The minimum atomic E-state index is -0.395. The number of pyridine rings is 1. The average Bonchev–Trinajstić information content (AvgIpc) is 2.78. The van der Waals surface area contributed by atoms with Gasteiger partial charge in [-0.05, 0) is 48.4 Å². The van der Waals surface area contributed by atoms with Crippen molar-refractivity contribution >= 4 is 17.3 Å². The Morgan fingerprint density at radius 3 is 2.62 bits per heavy atom. The van der Waals surface area contributed by atoms with Crippen LogP contribution in [0, 0.1) is 0 Å². The third-order valence-corrected chi connectivity index (χ3v) is 4.83. The predicted molar refractivity (Wildman–Crippen MR) is 113 cm³/mol. The number of nitrogens with zero attached hydrogens (tertiary/aromatic N) is 2. The lowest BCUT2D eigenvalue weighted by atomic mass is 10.0. The highest BCUT2D eigenvalue weighted by atomic mass is 16.5. The molecule has 1 atom stereocenters. The predicted octanol–water partition coefficient (Wildman–Crippen LogP) is 4.65. The van der Waals surface area contributed by atoms with E-state index in [9.17, 15) is 4.79 Å². The fraction of sp³-hybridized carbons (Fsp3) is 0.217. The molecule has 6 heteroatoms. The van der Waals surface area contributed by atoms with Gasteiger partial charge < -0.3 is 14.8 Å². The van der Waals surface area contributed by atoms with Crippen molar-refractivity contribution < 1.29 is 14.3 Å². The van der Waals surface area contributed by atoms with Crippen LogP contribution in [0.25, 0.3) is 0 Å². The number of methoxy groups -OCH3 is 1. The number of hydrogen-bond acceptors (Lipinski definition) is 5. The number of carbonyl (C=O) groups excluding carboxylic acids is 1. The second-order valence-corrected chi connectivity index (χ2v) is 6.73. The smallest absolute Gasteiger partial charge is 0.262 e. The standard InChI is InChI=1S/C23H23N3O3/c1-3-14-29-20-9-8-16(15-21(20)28-2)22-25-19-7-5-4-6-18(19)23(27)26(22)17-10-12-24-13-11-17/h4-13,15,22,25H,3,14H2,1-2H3. The third-order valence-electron chi connectivity index (χ3n) is 4.83. The molecule has 1 N–H and O–H groups in total. The van der Waals surface area contributed by atoms with Crippen LogP contribution in [0.4, 0.5) is 11.4 Å². The first-order chi connectivity index (χ1) is 14.2. The quantitative estimate of drug-likeness (QED) is 0.665. The van der Waals surface area contributed by atoms with Crippen LogP contribution < -0.4 is 19.7 Å². The van der Waals surface area contributed by atoms with Crippen molar-refractivity contribution in [3.8, 4) is 11.5 Å². The van der Waals surface area contributed by atoms with E-state index in [1.165, 1.54) is 0 Å². The van der Waals surface area contributed by atoms with Gasteiger partial charge in [0, 0.05) is 23.8 Å². The molecule has 0 bridgehead atoms. The van der Waals surface area contributed by atoms with Crippen LogP contribution in [0.1, 0.15) is 35.4 Å². The molecular weight excluding hydrogens is 366 g/mol. The Labute approximate surface area is 170 Å². The van der Waals surface area contributed by atoms with Crippen molar-refractivity contribution in [2.24, 2.45) is 0 Å². The molecule has 148 valence electrons. The maximum atomic E-state index is 13.4. The second-order valence-electron chi connectivity index (χ2n) is 6.73. The lowest BCUT2D eigenvalue weighted by Gasteiger charge is -2.38. The van der Waals surface area contributed by atoms with E-state index in [0.29, 0.717) is 23.7 Å². The van der Waals surface area contributed by atoms with Crippen LogP contribution >= 0.6 is 0 Å². The number of fused-ring (bicyclic) bond motifs is 1. The average molecular weight is 389 g/mol. The summed E-state index contributed by atoms with van der Waals surface area (Å²) >= 11 is 0. The number of nitrogens with one attached hydrogen (secondary N) is 1. The number of anilines is 2. The first-order valence-electron chi connectivity index (χ1n) is 9.62. The van der Waals surface area contributed by atoms with Gasteiger partial charge in [0.15, 0.2) is 11.5 Å². The van der Waals surface area contributed by atoms with Gasteiger partial charge in [0.25, 0.3) is 5.91 Å². The summed E-state index contributed by atoms with van der Waals surface area (Å²) in [6.45, 7) is 2.68. The van der Waals surface area contributed by atoms with Gasteiger partial charge in [0.2, 0.25) is 0 Å². The highest BCUT2D eigenvalue weighted by Gasteiger charge is 2.34. The summed E-state index contributed by atoms with van der Waals surface area (Å²) in [5.74, 6) is 1.26. The summed E-state index contributed by atoms with van der Waals surface area (Å²) in [5, 5.41) is 3.49. The molecule has 1 amide bonds. The van der Waals surface area contributed by atoms with E-state index in [-0.39, 0.29) is 5.91 Å². The summed E-state index contributed by atoms with van der Waals surface area (Å²) in [7, 11) is 1.62. The Morgan fingerprint density at radius 1 is 1.07 bits per heavy atom. The lowest BCUT2D eigenvalue weighted by Crippen LogP contribution is -2.43. The monoisotopic (exact) mass is 389 g/mol. The number of carbonyl (C=O) groups is 1. The zero-order valence-corrected chi connectivity index (χ0v) is 16.5. The molecule has 1 unspecified atom stereocenters. The van der Waals surface area contributed by atoms with E-state index in [4.69, 9.17) is 9.47 Å². The topological polar surface area (TPSA) is 63.7 Å². The Kier molecular flexibility index (Phi) is 5.33. The molecule has 4 rings (SSSR count). The number of rotatable bonds is 6. The molecule has 1 aliphatic rings. The van der Waals surface area contributed by atoms with Crippen molar-refractivity contribution in [1.29, 1.82) is 0 Å². The maximum Gasteiger partial charge on any atom is 0.262 e. The van der Waals surface area contributed by atoms with Gasteiger partial charge in [-0.2, -0.15) is 0 Å². The summed E-state index contributed by atoms with van der Waals surface area (Å²) in [5.41, 5.74) is 3.10. The number of aromatic nitrogens is 1. The number of amides is 1. The zero-order chi connectivity index (χ0) is 20.2. The van der Waals surface area contributed by atoms with Crippen LogP contribution in [-0.4, -0.2) is 24.6 Å². The molecular formula is C23H23N3O3. The molecule has 0 saturated carbocycles. The maximum absolute atomic E-state index is 13.4. The SMILES string of the molecule is CCCOc1ccc(C2Nc3ccccc3C(=O)N2c2ccncc2)cc1OC. The summed E-state index contributed by atoms with van der Waals surface area (Å²) < 4.78 is 11.3. The third kappa shape index (κ3) is 3.61. The minimum absolute atomic E-state index is 0.0687. The van der Waals surface area contributed by atoms with E-state index in [1.807, 2.05) is 54.6 Å². The Bertz CT molecular complexity index is 1010. The summed E-state index contributed by atoms with van der Waals surface area (Å²) in [4.78, 5) is 19.2. The van der Waals surface area contributed by atoms with Crippen molar-refractivity contribution in [2.45, 2.75) is 19.5 Å². The molecule has 0 fully saturated rings. The van der Waals surface area contributed by atoms with E-state index >= 15 is 0 Å². The summed E-state index contributed by atoms with van der Waals surface area (Å²) in [6.07, 6.45) is 3.88. The molecule has 2 heterocycles. The van der Waals surface area contributed by atoms with Gasteiger partial charge >= 0.3 is 0 Å². The molecule has 0 radical (unpaired) electrons. The van der Waals surface area contributed by atoms with Gasteiger partial charge in [0.05, 0.1) is 19.3 Å². The molecule has 0 aliphatic carbocycles. The Hall–Kier alpha value is -3.54. The van der Waals surface area contributed by atoms with Gasteiger partial charge in [-0.3, -0.25) is 14.7 Å². The van der Waals surface area contributed by atoms with E-state index in [0.717, 1.165) is 23.4 Å². The molecule has 0 saturated heterocycles. The molecule has 0 spiro atoms. The normalized spacial score (nSPS) is 15.4. The molecule has 1 aromatic heterocycles. The van der Waals surface area contributed by atoms with E-state index < -0.39 is 6.17 Å². The van der Waals surface area contributed by atoms with Crippen molar-refractivity contribution in [3.05, 3.63) is 78.1 Å². The zero-order valence-electron chi connectivity index (χ0n) is 16.5. The first kappa shape index (κ1) is 18.8. The number of para-hydroxylation sites is 1. The van der Waals surface area contributed by atoms with Crippen molar-refractivity contribution in [2.75, 3.05) is 23.9 Å². The fourth-order valence-electron chi connectivity index (χ4n) is 3.44. The van der Waals surface area contributed by atoms with Crippen LogP contribution in [0.2, 0.25) is 0 Å². The molecule has 3 aromatic rings. The second kappa shape index (κ2) is 8.22. The van der Waals surface area contributed by atoms with Crippen LogP contribution in [0.3, 0.4) is 0 Å². The van der Waals surface area contributed by atoms with Crippen molar-refractivity contribution in [1.82, 2.24) is 4.98 Å². The van der Waals surface area contributed by atoms with Gasteiger partial charge in [-0.1, -0.05) is 25.1 Å². The molecule has 2 aromatic carbocycles. The Morgan fingerprint density at radius 2 is 1.86 bits per heavy atom. The van der Waals surface area contributed by atoms with Crippen LogP contribution in [-0.2, 0) is 0 Å². The molecule has 29 heavy (non-hydrogen) atoms. The van der Waals surface area contributed by atoms with Crippen molar-refractivity contribution in [3.63, 3.8) is 0 Å². The minimum Gasteiger partial charge on any atom is -0.493 e.